The second-order valence-electron chi connectivity index (χ2n) is 9.27. The highest BCUT2D eigenvalue weighted by molar-refractivity contribution is 5.95. The van der Waals surface area contributed by atoms with E-state index in [1.165, 1.54) is 29.8 Å². The second kappa shape index (κ2) is 14.4. The Morgan fingerprint density at radius 2 is 1.42 bits per heavy atom. The van der Waals surface area contributed by atoms with Gasteiger partial charge < -0.3 is 25.3 Å². The first kappa shape index (κ1) is 32.8. The summed E-state index contributed by atoms with van der Waals surface area (Å²) >= 11 is 0. The Morgan fingerprint density at radius 1 is 0.814 bits per heavy atom. The maximum absolute atomic E-state index is 13.1. The van der Waals surface area contributed by atoms with E-state index >= 15 is 0 Å². The fourth-order valence-electron chi connectivity index (χ4n) is 4.03. The van der Waals surface area contributed by atoms with Gasteiger partial charge in [-0.3, -0.25) is 4.99 Å². The average molecular weight is 611 g/mol. The molecular weight excluding hydrogens is 582 g/mol. The van der Waals surface area contributed by atoms with Crippen molar-refractivity contribution >= 4 is 29.3 Å². The van der Waals surface area contributed by atoms with Crippen molar-refractivity contribution in [2.45, 2.75) is 18.8 Å². The number of nitrogens with zero attached hydrogens (tertiary/aromatic N) is 3. The third-order valence-electron chi connectivity index (χ3n) is 6.25. The number of rotatable bonds is 6. The Labute approximate surface area is 242 Å². The average Bonchev–Trinajstić information content (AvgIpc) is 2.97. The van der Waals surface area contributed by atoms with Crippen LogP contribution in [0.4, 0.5) is 37.7 Å². The molecule has 1 heterocycles. The number of carbonyl (C=O) groups is 2. The molecule has 1 saturated heterocycles. The zero-order valence-electron chi connectivity index (χ0n) is 22.6. The summed E-state index contributed by atoms with van der Waals surface area (Å²) in [5.74, 6) is -3.10. The molecule has 4 rings (SSSR count). The molecule has 3 N–H and O–H groups in total. The van der Waals surface area contributed by atoms with E-state index in [4.69, 9.17) is 20.0 Å². The zero-order valence-corrected chi connectivity index (χ0v) is 22.6. The van der Waals surface area contributed by atoms with Crippen molar-refractivity contribution in [3.05, 3.63) is 95.6 Å². The molecule has 0 radical (unpaired) electrons. The first-order chi connectivity index (χ1) is 20.2. The molecule has 1 aliphatic rings. The third-order valence-corrected chi connectivity index (χ3v) is 6.25. The Kier molecular flexibility index (Phi) is 11.0. The number of benzene rings is 3. The van der Waals surface area contributed by atoms with Crippen LogP contribution in [0.5, 0.6) is 0 Å². The number of piperazine rings is 1. The SMILES string of the molecule is O=C(O)C(F)(F)F.O=C(O)c1ccc(NC(=NCCc2ccccc2)N2CCN(c3cccc(C(F)(F)F)c3)CC2)cc1. The van der Waals surface area contributed by atoms with Crippen molar-refractivity contribution in [2.75, 3.05) is 42.9 Å². The van der Waals surface area contributed by atoms with Gasteiger partial charge in [0.1, 0.15) is 0 Å². The quantitative estimate of drug-likeness (QED) is 0.182. The summed E-state index contributed by atoms with van der Waals surface area (Å²) in [7, 11) is 0. The summed E-state index contributed by atoms with van der Waals surface area (Å²) < 4.78 is 71.1. The number of aromatic carboxylic acids is 1. The summed E-state index contributed by atoms with van der Waals surface area (Å²) in [5, 5.41) is 19.6. The van der Waals surface area contributed by atoms with Gasteiger partial charge in [0.2, 0.25) is 0 Å². The maximum atomic E-state index is 13.1. The Hall–Kier alpha value is -4.75. The Morgan fingerprint density at radius 3 is 1.95 bits per heavy atom. The van der Waals surface area contributed by atoms with E-state index in [2.05, 4.69) is 10.2 Å². The molecule has 8 nitrogen and oxygen atoms in total. The topological polar surface area (TPSA) is 105 Å². The van der Waals surface area contributed by atoms with Gasteiger partial charge in [-0.2, -0.15) is 26.3 Å². The number of hydrogen-bond donors (Lipinski definition) is 3. The number of alkyl halides is 6. The van der Waals surface area contributed by atoms with Crippen LogP contribution in [0.1, 0.15) is 21.5 Å². The molecular formula is C29H28F6N4O4. The number of aliphatic carboxylic acids is 1. The summed E-state index contributed by atoms with van der Waals surface area (Å²) in [6.07, 6.45) is -8.70. The minimum Gasteiger partial charge on any atom is -0.478 e. The largest absolute Gasteiger partial charge is 0.490 e. The summed E-state index contributed by atoms with van der Waals surface area (Å²) in [6.45, 7) is 2.77. The lowest BCUT2D eigenvalue weighted by Crippen LogP contribution is -2.50. The summed E-state index contributed by atoms with van der Waals surface area (Å²) in [6, 6.07) is 21.8. The van der Waals surface area contributed by atoms with Gasteiger partial charge in [-0.05, 0) is 54.4 Å². The lowest BCUT2D eigenvalue weighted by atomic mass is 10.1. The number of aliphatic imine (C=N–C) groups is 1. The summed E-state index contributed by atoms with van der Waals surface area (Å²) in [4.78, 5) is 28.9. The summed E-state index contributed by atoms with van der Waals surface area (Å²) in [5.41, 5.74) is 1.96. The predicted octanol–water partition coefficient (Wildman–Crippen LogP) is 5.87. The fourth-order valence-corrected chi connectivity index (χ4v) is 4.03. The highest BCUT2D eigenvalue weighted by Gasteiger charge is 2.38. The van der Waals surface area contributed by atoms with Crippen LogP contribution in [-0.2, 0) is 17.4 Å². The number of carboxylic acid groups (broad SMARTS) is 2. The van der Waals surface area contributed by atoms with E-state index in [0.717, 1.165) is 12.5 Å². The molecule has 14 heteroatoms. The van der Waals surface area contributed by atoms with Crippen LogP contribution < -0.4 is 10.2 Å². The van der Waals surface area contributed by atoms with Gasteiger partial charge in [-0.15, -0.1) is 0 Å². The molecule has 1 aliphatic heterocycles. The van der Waals surface area contributed by atoms with Crippen molar-refractivity contribution < 1.29 is 46.1 Å². The van der Waals surface area contributed by atoms with Gasteiger partial charge >= 0.3 is 24.3 Å². The zero-order chi connectivity index (χ0) is 31.6. The molecule has 0 atom stereocenters. The molecule has 0 spiro atoms. The molecule has 3 aromatic rings. The molecule has 230 valence electrons. The van der Waals surface area contributed by atoms with Crippen LogP contribution in [0.15, 0.2) is 83.9 Å². The number of carboxylic acids is 2. The maximum Gasteiger partial charge on any atom is 0.490 e. The molecule has 0 amide bonds. The van der Waals surface area contributed by atoms with Gasteiger partial charge in [0.25, 0.3) is 0 Å². The van der Waals surface area contributed by atoms with Crippen LogP contribution in [0.3, 0.4) is 0 Å². The van der Waals surface area contributed by atoms with Crippen molar-refractivity contribution in [3.63, 3.8) is 0 Å². The number of hydrogen-bond acceptors (Lipinski definition) is 4. The Bertz CT molecular complexity index is 1390. The van der Waals surface area contributed by atoms with Crippen molar-refractivity contribution in [1.29, 1.82) is 0 Å². The highest BCUT2D eigenvalue weighted by atomic mass is 19.4. The Balaban J connectivity index is 0.000000646. The van der Waals surface area contributed by atoms with E-state index < -0.39 is 29.9 Å². The number of anilines is 2. The molecule has 0 aliphatic carbocycles. The van der Waals surface area contributed by atoms with Gasteiger partial charge in [0.15, 0.2) is 5.96 Å². The molecule has 1 fully saturated rings. The highest BCUT2D eigenvalue weighted by Crippen LogP contribution is 2.32. The number of nitrogens with one attached hydrogen (secondary N) is 1. The van der Waals surface area contributed by atoms with Crippen molar-refractivity contribution in [3.8, 4) is 0 Å². The first-order valence-electron chi connectivity index (χ1n) is 12.9. The second-order valence-corrected chi connectivity index (χ2v) is 9.27. The van der Waals surface area contributed by atoms with Crippen LogP contribution >= 0.6 is 0 Å². The minimum atomic E-state index is -5.08. The van der Waals surface area contributed by atoms with Crippen LogP contribution in [0.25, 0.3) is 0 Å². The molecule has 0 bridgehead atoms. The lowest BCUT2D eigenvalue weighted by Gasteiger charge is -2.38. The van der Waals surface area contributed by atoms with Gasteiger partial charge in [-0.25, -0.2) is 9.59 Å². The van der Waals surface area contributed by atoms with E-state index in [9.17, 15) is 31.1 Å². The van der Waals surface area contributed by atoms with Crippen LogP contribution in [0, 0.1) is 0 Å². The minimum absolute atomic E-state index is 0.192. The van der Waals surface area contributed by atoms with Crippen molar-refractivity contribution in [1.82, 2.24) is 4.90 Å². The molecule has 0 aromatic heterocycles. The molecule has 43 heavy (non-hydrogen) atoms. The van der Waals surface area contributed by atoms with Gasteiger partial charge in [0, 0.05) is 44.1 Å². The monoisotopic (exact) mass is 610 g/mol. The number of halogens is 6. The standard InChI is InChI=1S/C27H27F3N4O2.C2HF3O2/c28-27(29,30)22-7-4-8-24(19-22)33-15-17-34(18-16-33)26(31-14-13-20-5-2-1-3-6-20)32-23-11-9-21(10-12-23)25(35)36;3-2(4,5)1(6)7/h1-12,19H,13-18H2,(H,31,32)(H,35,36);(H,6,7). The van der Waals surface area contributed by atoms with Crippen LogP contribution in [-0.4, -0.2) is 71.9 Å². The molecule has 3 aromatic carbocycles. The first-order valence-corrected chi connectivity index (χ1v) is 12.9. The van der Waals surface area contributed by atoms with Gasteiger partial charge in [0.05, 0.1) is 11.1 Å². The molecule has 0 saturated carbocycles. The van der Waals surface area contributed by atoms with E-state index in [-0.39, 0.29) is 5.56 Å². The van der Waals surface area contributed by atoms with Gasteiger partial charge in [-0.1, -0.05) is 36.4 Å². The van der Waals surface area contributed by atoms with E-state index in [0.29, 0.717) is 50.1 Å². The molecule has 0 unspecified atom stereocenters. The lowest BCUT2D eigenvalue weighted by molar-refractivity contribution is -0.192. The number of guanidine groups is 1. The van der Waals surface area contributed by atoms with E-state index in [1.54, 1.807) is 18.2 Å². The third kappa shape index (κ3) is 10.2. The fraction of sp³-hybridized carbons (Fsp3) is 0.276. The van der Waals surface area contributed by atoms with Crippen molar-refractivity contribution in [2.24, 2.45) is 4.99 Å². The predicted molar refractivity (Wildman–Crippen MR) is 148 cm³/mol. The van der Waals surface area contributed by atoms with Crippen LogP contribution in [0.2, 0.25) is 0 Å². The normalized spacial score (nSPS) is 14.0. The van der Waals surface area contributed by atoms with E-state index in [1.807, 2.05) is 35.2 Å². The smallest absolute Gasteiger partial charge is 0.478 e.